The number of nitrogens with zero attached hydrogens (tertiary/aromatic N) is 4. The van der Waals surface area contributed by atoms with Gasteiger partial charge in [-0.1, -0.05) is 5.16 Å². The molecule has 3 atom stereocenters. The number of carbonyl (C=O) groups excluding carboxylic acids is 2. The molecular weight excluding hydrogens is 400 g/mol. The maximum absolute atomic E-state index is 13.0. The van der Waals surface area contributed by atoms with Crippen molar-refractivity contribution in [2.75, 3.05) is 19.6 Å². The van der Waals surface area contributed by atoms with Crippen molar-refractivity contribution < 1.29 is 19.2 Å². The second-order valence-corrected chi connectivity index (χ2v) is 8.83. The van der Waals surface area contributed by atoms with Crippen molar-refractivity contribution in [3.8, 4) is 11.4 Å². The second-order valence-electron chi connectivity index (χ2n) is 8.83. The minimum atomic E-state index is -0.443. The Labute approximate surface area is 179 Å². The van der Waals surface area contributed by atoms with Crippen molar-refractivity contribution in [2.24, 2.45) is 5.41 Å². The number of aromatic nitrogens is 3. The SMILES string of the molecule is Cc1onc(-c2ccncn2)c1C(=O)NC1CC12CCN(C(=O)[C@H]1C[C@H](O)CN1)CC2. The Morgan fingerprint density at radius 3 is 2.84 bits per heavy atom. The molecule has 1 unspecified atom stereocenters. The molecule has 0 aromatic carbocycles. The number of aryl methyl sites for hydroxylation is 1. The molecule has 10 nitrogen and oxygen atoms in total. The number of amides is 2. The van der Waals surface area contributed by atoms with Gasteiger partial charge >= 0.3 is 0 Å². The Morgan fingerprint density at radius 2 is 2.16 bits per heavy atom. The number of aliphatic hydroxyl groups is 1. The summed E-state index contributed by atoms with van der Waals surface area (Å²) in [5.74, 6) is 0.312. The summed E-state index contributed by atoms with van der Waals surface area (Å²) in [7, 11) is 0. The Bertz CT molecular complexity index is 985. The van der Waals surface area contributed by atoms with Gasteiger partial charge in [-0.25, -0.2) is 9.97 Å². The fourth-order valence-corrected chi connectivity index (χ4v) is 4.88. The average molecular weight is 426 g/mol. The third kappa shape index (κ3) is 3.70. The van der Waals surface area contributed by atoms with Crippen LogP contribution in [0.5, 0.6) is 0 Å². The van der Waals surface area contributed by atoms with E-state index in [9.17, 15) is 14.7 Å². The fraction of sp³-hybridized carbons (Fsp3) is 0.571. The van der Waals surface area contributed by atoms with Crippen LogP contribution in [0.25, 0.3) is 11.4 Å². The normalized spacial score (nSPS) is 26.8. The molecule has 10 heteroatoms. The van der Waals surface area contributed by atoms with Crippen molar-refractivity contribution in [1.82, 2.24) is 30.7 Å². The molecule has 1 saturated carbocycles. The Morgan fingerprint density at radius 1 is 1.35 bits per heavy atom. The molecule has 2 saturated heterocycles. The molecule has 2 aromatic heterocycles. The van der Waals surface area contributed by atoms with Gasteiger partial charge in [-0.15, -0.1) is 0 Å². The van der Waals surface area contributed by atoms with Gasteiger partial charge in [0, 0.05) is 31.9 Å². The summed E-state index contributed by atoms with van der Waals surface area (Å²) in [5.41, 5.74) is 1.41. The zero-order valence-electron chi connectivity index (χ0n) is 17.4. The molecule has 0 bridgehead atoms. The lowest BCUT2D eigenvalue weighted by molar-refractivity contribution is -0.134. The second kappa shape index (κ2) is 7.69. The highest BCUT2D eigenvalue weighted by Gasteiger charge is 2.56. The van der Waals surface area contributed by atoms with Crippen molar-refractivity contribution in [3.63, 3.8) is 0 Å². The van der Waals surface area contributed by atoms with E-state index in [4.69, 9.17) is 4.52 Å². The molecule has 2 amide bonds. The molecule has 164 valence electrons. The summed E-state index contributed by atoms with van der Waals surface area (Å²) in [6.07, 6.45) is 5.68. The molecule has 0 radical (unpaired) electrons. The molecule has 1 spiro atoms. The molecule has 1 aliphatic carbocycles. The summed E-state index contributed by atoms with van der Waals surface area (Å²) >= 11 is 0. The van der Waals surface area contributed by atoms with Gasteiger partial charge in [0.2, 0.25) is 5.91 Å². The number of carbonyl (C=O) groups is 2. The van der Waals surface area contributed by atoms with E-state index in [-0.39, 0.29) is 29.3 Å². The Balaban J connectivity index is 1.20. The quantitative estimate of drug-likeness (QED) is 0.635. The van der Waals surface area contributed by atoms with Crippen LogP contribution in [0.3, 0.4) is 0 Å². The van der Waals surface area contributed by atoms with E-state index in [1.807, 2.05) is 4.90 Å². The maximum atomic E-state index is 13.0. The third-order valence-corrected chi connectivity index (χ3v) is 6.89. The standard InChI is InChI=1S/C21H26N6O4/c1-12-17(18(26-31-12)14-2-5-22-11-24-14)19(29)25-16-9-21(16)3-6-27(7-4-21)20(30)15-8-13(28)10-23-15/h2,5,11,13,15-16,23,28H,3-4,6-10H2,1H3,(H,25,29)/t13-,15+,16?/m0/s1. The predicted molar refractivity (Wildman–Crippen MR) is 109 cm³/mol. The predicted octanol–water partition coefficient (Wildman–Crippen LogP) is 0.274. The third-order valence-electron chi connectivity index (χ3n) is 6.89. The van der Waals surface area contributed by atoms with Crippen LogP contribution in [-0.4, -0.2) is 74.8 Å². The van der Waals surface area contributed by atoms with Crippen LogP contribution < -0.4 is 10.6 Å². The van der Waals surface area contributed by atoms with E-state index in [1.165, 1.54) is 6.33 Å². The summed E-state index contributed by atoms with van der Waals surface area (Å²) in [4.78, 5) is 35.6. The topological polar surface area (TPSA) is 133 Å². The monoisotopic (exact) mass is 426 g/mol. The fourth-order valence-electron chi connectivity index (χ4n) is 4.88. The molecule has 4 heterocycles. The summed E-state index contributed by atoms with van der Waals surface area (Å²) < 4.78 is 5.27. The molecule has 3 aliphatic rings. The minimum absolute atomic E-state index is 0.0508. The van der Waals surface area contributed by atoms with Crippen molar-refractivity contribution in [1.29, 1.82) is 0 Å². The zero-order valence-corrected chi connectivity index (χ0v) is 17.4. The minimum Gasteiger partial charge on any atom is -0.392 e. The Kier molecular flexibility index (Phi) is 4.98. The first-order valence-electron chi connectivity index (χ1n) is 10.7. The smallest absolute Gasteiger partial charge is 0.257 e. The van der Waals surface area contributed by atoms with Gasteiger partial charge in [0.15, 0.2) is 0 Å². The van der Waals surface area contributed by atoms with Gasteiger partial charge in [-0.3, -0.25) is 9.59 Å². The highest BCUT2D eigenvalue weighted by molar-refractivity contribution is 6.00. The van der Waals surface area contributed by atoms with Crippen LogP contribution in [0.4, 0.5) is 0 Å². The van der Waals surface area contributed by atoms with Gasteiger partial charge in [0.05, 0.1) is 17.8 Å². The highest BCUT2D eigenvalue weighted by atomic mass is 16.5. The molecule has 5 rings (SSSR count). The lowest BCUT2D eigenvalue weighted by Crippen LogP contribution is -2.48. The van der Waals surface area contributed by atoms with Crippen LogP contribution in [0.2, 0.25) is 0 Å². The molecule has 2 aliphatic heterocycles. The lowest BCUT2D eigenvalue weighted by Gasteiger charge is -2.34. The number of nitrogens with one attached hydrogen (secondary N) is 2. The van der Waals surface area contributed by atoms with Crippen LogP contribution in [0, 0.1) is 12.3 Å². The van der Waals surface area contributed by atoms with E-state index in [0.717, 1.165) is 19.3 Å². The van der Waals surface area contributed by atoms with Crippen molar-refractivity contribution in [3.05, 3.63) is 29.9 Å². The van der Waals surface area contributed by atoms with Crippen LogP contribution in [0.15, 0.2) is 23.1 Å². The first kappa shape index (κ1) is 20.1. The van der Waals surface area contributed by atoms with Crippen molar-refractivity contribution in [2.45, 2.75) is 50.8 Å². The molecule has 31 heavy (non-hydrogen) atoms. The number of hydrogen-bond donors (Lipinski definition) is 3. The van der Waals surface area contributed by atoms with Gasteiger partial charge < -0.3 is 25.2 Å². The van der Waals surface area contributed by atoms with Crippen LogP contribution in [-0.2, 0) is 4.79 Å². The number of β-amino-alcohol motifs (C(OH)–C–C–N with tert-alkyl or cyclic N) is 1. The summed E-state index contributed by atoms with van der Waals surface area (Å²) in [5, 5.41) is 19.9. The van der Waals surface area contributed by atoms with Crippen molar-refractivity contribution >= 4 is 11.8 Å². The van der Waals surface area contributed by atoms with E-state index < -0.39 is 6.10 Å². The Hall–Kier alpha value is -2.85. The van der Waals surface area contributed by atoms with Gasteiger partial charge in [-0.2, -0.15) is 0 Å². The van der Waals surface area contributed by atoms with Crippen LogP contribution in [0.1, 0.15) is 41.8 Å². The number of piperidine rings is 1. The molecule has 3 N–H and O–H groups in total. The maximum Gasteiger partial charge on any atom is 0.257 e. The molecular formula is C21H26N6O4. The van der Waals surface area contributed by atoms with Gasteiger partial charge in [-0.05, 0) is 44.1 Å². The van der Waals surface area contributed by atoms with E-state index in [2.05, 4.69) is 25.8 Å². The molecule has 2 aromatic rings. The summed E-state index contributed by atoms with van der Waals surface area (Å²) in [6, 6.07) is 1.49. The largest absolute Gasteiger partial charge is 0.392 e. The first-order chi connectivity index (χ1) is 15.0. The van der Waals surface area contributed by atoms with E-state index in [0.29, 0.717) is 48.8 Å². The number of likely N-dealkylation sites (tertiary alicyclic amines) is 1. The number of hydrogen-bond acceptors (Lipinski definition) is 8. The highest BCUT2D eigenvalue weighted by Crippen LogP contribution is 2.54. The lowest BCUT2D eigenvalue weighted by atomic mass is 9.92. The van der Waals surface area contributed by atoms with Crippen LogP contribution >= 0.6 is 0 Å². The number of aliphatic hydroxyl groups excluding tert-OH is 1. The molecule has 3 fully saturated rings. The van der Waals surface area contributed by atoms with E-state index >= 15 is 0 Å². The van der Waals surface area contributed by atoms with E-state index in [1.54, 1.807) is 19.2 Å². The van der Waals surface area contributed by atoms with Gasteiger partial charge in [0.1, 0.15) is 23.3 Å². The number of rotatable bonds is 4. The first-order valence-corrected chi connectivity index (χ1v) is 10.7. The average Bonchev–Trinajstić information content (AvgIpc) is 3.09. The summed E-state index contributed by atoms with van der Waals surface area (Å²) in [6.45, 7) is 3.55. The van der Waals surface area contributed by atoms with Gasteiger partial charge in [0.25, 0.3) is 5.91 Å². The zero-order chi connectivity index (χ0) is 21.6.